The molecule has 8 nitrogen and oxygen atoms in total. The van der Waals surface area contributed by atoms with Gasteiger partial charge in [-0.15, -0.1) is 0 Å². The number of nitrogens with one attached hydrogen (secondary N) is 2. The number of fused-ring (bicyclic) bond motifs is 3. The van der Waals surface area contributed by atoms with Gasteiger partial charge in [0.05, 0.1) is 11.0 Å². The Labute approximate surface area is 123 Å². The van der Waals surface area contributed by atoms with Crippen molar-refractivity contribution < 1.29 is 10.0 Å². The van der Waals surface area contributed by atoms with Gasteiger partial charge < -0.3 is 15.3 Å². The molecule has 5 N–H and O–H groups in total. The van der Waals surface area contributed by atoms with Crippen LogP contribution in [0.3, 0.4) is 0 Å². The summed E-state index contributed by atoms with van der Waals surface area (Å²) in [6, 6.07) is 10.6. The van der Waals surface area contributed by atoms with E-state index >= 15 is 0 Å². The monoisotopic (exact) mass is 302 g/mol. The average Bonchev–Trinajstić information content (AvgIpc) is 2.52. The quantitative estimate of drug-likeness (QED) is 0.207. The van der Waals surface area contributed by atoms with Gasteiger partial charge in [-0.1, -0.05) is 30.3 Å². The van der Waals surface area contributed by atoms with Gasteiger partial charge in [0.1, 0.15) is 0 Å². The summed E-state index contributed by atoms with van der Waals surface area (Å²) in [5.41, 5.74) is 5.77. The van der Waals surface area contributed by atoms with Gasteiger partial charge in [-0.2, -0.15) is 0 Å². The highest BCUT2D eigenvalue weighted by Gasteiger charge is 2.07. The summed E-state index contributed by atoms with van der Waals surface area (Å²) in [4.78, 5) is 34.9. The first-order valence-corrected chi connectivity index (χ1v) is 6.26. The third-order valence-corrected chi connectivity index (χ3v) is 3.09. The fourth-order valence-corrected chi connectivity index (χ4v) is 2.15. The molecule has 0 atom stereocenters. The van der Waals surface area contributed by atoms with Gasteiger partial charge in [-0.3, -0.25) is 14.8 Å². The van der Waals surface area contributed by atoms with Crippen LogP contribution in [0.2, 0.25) is 0 Å². The minimum Gasteiger partial charge on any atom is -0.350 e. The van der Waals surface area contributed by atoms with Crippen LogP contribution in [0.15, 0.2) is 46.0 Å². The van der Waals surface area contributed by atoms with Crippen molar-refractivity contribution >= 4 is 27.8 Å². The molecule has 0 radical (unpaired) electrons. The van der Waals surface area contributed by atoms with Crippen LogP contribution in [0.1, 0.15) is 0 Å². The highest BCUT2D eigenvalue weighted by molar-refractivity contribution is 6.03. The number of rotatable bonds is 0. The first-order chi connectivity index (χ1) is 10.5. The second-order valence-corrected chi connectivity index (χ2v) is 4.48. The molecule has 0 aliphatic rings. The molecule has 3 rings (SSSR count). The molecule has 3 aromatic rings. The van der Waals surface area contributed by atoms with E-state index in [4.69, 9.17) is 5.21 Å². The zero-order chi connectivity index (χ0) is 16.3. The minimum absolute atomic E-state index is 0.533. The van der Waals surface area contributed by atoms with E-state index in [1.165, 1.54) is 10.0 Å². The second-order valence-electron chi connectivity index (χ2n) is 4.48. The molecule has 0 spiro atoms. The maximum atomic E-state index is 11.6. The molecule has 0 aliphatic carbocycles. The van der Waals surface area contributed by atoms with Gasteiger partial charge in [0.2, 0.25) is 0 Å². The Bertz CT molecular complexity index is 958. The summed E-state index contributed by atoms with van der Waals surface area (Å²) in [7, 11) is 1.62. The van der Waals surface area contributed by atoms with Crippen LogP contribution >= 0.6 is 0 Å². The zero-order valence-electron chi connectivity index (χ0n) is 11.7. The minimum atomic E-state index is -0.940. The summed E-state index contributed by atoms with van der Waals surface area (Å²) in [6.07, 6.45) is 0. The van der Waals surface area contributed by atoms with Crippen LogP contribution in [0.5, 0.6) is 0 Å². The Morgan fingerprint density at radius 2 is 1.86 bits per heavy atom. The molecular formula is C14H14N4O4. The molecular weight excluding hydrogens is 288 g/mol. The van der Waals surface area contributed by atoms with E-state index in [0.717, 1.165) is 16.3 Å². The lowest BCUT2D eigenvalue weighted by Crippen LogP contribution is -2.34. The molecule has 0 saturated heterocycles. The largest absolute Gasteiger partial charge is 0.350 e. The first kappa shape index (κ1) is 15.3. The number of nitrogens with two attached hydrogens (primary N) is 1. The van der Waals surface area contributed by atoms with E-state index in [1.807, 2.05) is 36.4 Å². The predicted molar refractivity (Wildman–Crippen MR) is 81.8 cm³/mol. The van der Waals surface area contributed by atoms with Gasteiger partial charge in [0, 0.05) is 12.4 Å². The molecule has 0 saturated carbocycles. The second kappa shape index (κ2) is 6.10. The summed E-state index contributed by atoms with van der Waals surface area (Å²) in [6.45, 7) is 0. The van der Waals surface area contributed by atoms with Crippen LogP contribution in [0.25, 0.3) is 21.8 Å². The van der Waals surface area contributed by atoms with Crippen molar-refractivity contribution in [2.45, 2.75) is 0 Å². The van der Waals surface area contributed by atoms with Crippen LogP contribution < -0.4 is 22.3 Å². The van der Waals surface area contributed by atoms with Crippen molar-refractivity contribution in [3.05, 3.63) is 57.1 Å². The number of aromatic nitrogens is 2. The van der Waals surface area contributed by atoms with Gasteiger partial charge in [0.15, 0.2) is 0 Å². The molecule has 1 aromatic heterocycles. The van der Waals surface area contributed by atoms with Gasteiger partial charge in [-0.25, -0.2) is 10.3 Å². The first-order valence-electron chi connectivity index (χ1n) is 6.26. The summed E-state index contributed by atoms with van der Waals surface area (Å²) in [5, 5.41) is 9.42. The maximum absolute atomic E-state index is 11.6. The van der Waals surface area contributed by atoms with Gasteiger partial charge >= 0.3 is 17.1 Å². The number of carbonyl (C=O) groups excluding carboxylic acids is 1. The molecule has 0 unspecified atom stereocenters. The van der Waals surface area contributed by atoms with E-state index in [9.17, 15) is 14.4 Å². The fraction of sp³-hybridized carbons (Fsp3) is 0.0714. The van der Waals surface area contributed by atoms with E-state index in [0.29, 0.717) is 5.52 Å². The van der Waals surface area contributed by atoms with Crippen LogP contribution in [0, 0.1) is 0 Å². The smallest absolute Gasteiger partial charge is 0.335 e. The van der Waals surface area contributed by atoms with Crippen molar-refractivity contribution in [1.29, 1.82) is 0 Å². The topological polar surface area (TPSA) is 130 Å². The normalized spacial score (nSPS) is 10.1. The molecule has 8 heteroatoms. The summed E-state index contributed by atoms with van der Waals surface area (Å²) in [5.74, 6) is 0. The number of hydroxylamine groups is 1. The molecule has 114 valence electrons. The van der Waals surface area contributed by atoms with Crippen molar-refractivity contribution in [2.24, 2.45) is 12.8 Å². The molecule has 22 heavy (non-hydrogen) atoms. The molecule has 2 amide bonds. The molecule has 0 bridgehead atoms. The molecule has 1 heterocycles. The number of hydrogen-bond donors (Lipinski definition) is 4. The van der Waals surface area contributed by atoms with Crippen LogP contribution in [0.4, 0.5) is 4.79 Å². The number of amides is 2. The third-order valence-electron chi connectivity index (χ3n) is 3.09. The molecule has 0 aliphatic heterocycles. The zero-order valence-corrected chi connectivity index (χ0v) is 11.7. The van der Waals surface area contributed by atoms with E-state index in [-0.39, 0.29) is 0 Å². The van der Waals surface area contributed by atoms with E-state index in [1.54, 1.807) is 7.05 Å². The van der Waals surface area contributed by atoms with Crippen LogP contribution in [-0.2, 0) is 7.05 Å². The van der Waals surface area contributed by atoms with Crippen molar-refractivity contribution in [3.63, 3.8) is 0 Å². The van der Waals surface area contributed by atoms with Gasteiger partial charge in [0.25, 0.3) is 0 Å². The number of benzene rings is 2. The van der Waals surface area contributed by atoms with Crippen molar-refractivity contribution in [2.75, 3.05) is 0 Å². The van der Waals surface area contributed by atoms with E-state index < -0.39 is 17.1 Å². The molecule has 2 aromatic carbocycles. The standard InChI is InChI=1S/C13H10N2O2.CH4N2O2/c1-15-11-9-5-3-2-4-8(9)6-7-10(11)14-12(16)13(15)17;2-1(4)3-5/h2-7H,1H3,(H,14,16);5H,(H3,2,3,4). The lowest BCUT2D eigenvalue weighted by Gasteiger charge is -2.07. The number of H-pyrrole nitrogens is 1. The predicted octanol–water partition coefficient (Wildman–Crippen LogP) is 0.424. The van der Waals surface area contributed by atoms with Crippen molar-refractivity contribution in [3.8, 4) is 0 Å². The fourth-order valence-electron chi connectivity index (χ4n) is 2.15. The number of primary amides is 1. The SMILES string of the molecule is Cn1c(=O)c(=O)[nH]c2ccc3ccccc3c21.NC(=O)NO. The van der Waals surface area contributed by atoms with E-state index in [2.05, 4.69) is 10.7 Å². The number of hydrogen-bond acceptors (Lipinski definition) is 4. The Morgan fingerprint density at radius 3 is 2.50 bits per heavy atom. The van der Waals surface area contributed by atoms with Crippen molar-refractivity contribution in [1.82, 2.24) is 15.0 Å². The highest BCUT2D eigenvalue weighted by atomic mass is 16.5. The van der Waals surface area contributed by atoms with Gasteiger partial charge in [-0.05, 0) is 11.5 Å². The highest BCUT2D eigenvalue weighted by Crippen LogP contribution is 2.21. The average molecular weight is 302 g/mol. The number of nitrogens with zero attached hydrogens (tertiary/aromatic N) is 1. The summed E-state index contributed by atoms with van der Waals surface area (Å²) < 4.78 is 1.40. The van der Waals surface area contributed by atoms with Crippen LogP contribution in [-0.4, -0.2) is 20.8 Å². The number of carbonyl (C=O) groups is 1. The lowest BCUT2D eigenvalue weighted by molar-refractivity contribution is 0.169. The maximum Gasteiger partial charge on any atom is 0.335 e. The molecule has 0 fully saturated rings. The Balaban J connectivity index is 0.000000309. The Kier molecular flexibility index (Phi) is 4.23. The Hall–Kier alpha value is -3.13. The lowest BCUT2D eigenvalue weighted by atomic mass is 10.1. The summed E-state index contributed by atoms with van der Waals surface area (Å²) >= 11 is 0. The third kappa shape index (κ3) is 2.81. The number of urea groups is 1. The number of aromatic amines is 1. The Morgan fingerprint density at radius 1 is 1.23 bits per heavy atom. The number of aryl methyl sites for hydroxylation is 1.